The van der Waals surface area contributed by atoms with Crippen molar-refractivity contribution >= 4 is 56.7 Å². The molecule has 3 aromatic carbocycles. The molecular formula is C27H27ClN4O3S2. The number of sulfonamides is 1. The molecule has 5 rings (SSSR count). The minimum Gasteiger partial charge on any atom is -0.429 e. The third-order valence-electron chi connectivity index (χ3n) is 6.35. The Hall–Kier alpha value is -2.95. The summed E-state index contributed by atoms with van der Waals surface area (Å²) in [6, 6.07) is 21.8. The van der Waals surface area contributed by atoms with Crippen LogP contribution in [0.4, 0.5) is 5.69 Å². The Morgan fingerprint density at radius 3 is 2.41 bits per heavy atom. The number of anilines is 1. The van der Waals surface area contributed by atoms with Gasteiger partial charge in [-0.25, -0.2) is 8.42 Å². The predicted molar refractivity (Wildman–Crippen MR) is 151 cm³/mol. The summed E-state index contributed by atoms with van der Waals surface area (Å²) in [5, 5.41) is 0.322. The minimum atomic E-state index is -3.85. The summed E-state index contributed by atoms with van der Waals surface area (Å²) in [4.78, 5) is 5.14. The van der Waals surface area contributed by atoms with E-state index in [1.165, 1.54) is 11.6 Å². The van der Waals surface area contributed by atoms with Crippen molar-refractivity contribution in [3.05, 3.63) is 94.3 Å². The van der Waals surface area contributed by atoms with E-state index in [1.807, 2.05) is 22.8 Å². The van der Waals surface area contributed by atoms with Crippen molar-refractivity contribution in [1.29, 1.82) is 0 Å². The molecule has 0 bridgehead atoms. The highest BCUT2D eigenvalue weighted by Crippen LogP contribution is 2.27. The topological polar surface area (TPSA) is 70.7 Å². The molecule has 0 amide bonds. The molecule has 0 atom stereocenters. The largest absolute Gasteiger partial charge is 0.429 e. The molecular weight excluding hydrogens is 528 g/mol. The third kappa shape index (κ3) is 6.14. The fourth-order valence-electron chi connectivity index (χ4n) is 4.31. The summed E-state index contributed by atoms with van der Waals surface area (Å²) in [7, 11) is -3.85. The zero-order valence-corrected chi connectivity index (χ0v) is 22.5. The van der Waals surface area contributed by atoms with Crippen molar-refractivity contribution < 1.29 is 12.8 Å². The Balaban J connectivity index is 1.23. The van der Waals surface area contributed by atoms with Gasteiger partial charge >= 0.3 is 0 Å². The van der Waals surface area contributed by atoms with Crippen LogP contribution in [0.1, 0.15) is 5.56 Å². The number of hydrogen-bond donors (Lipinski definition) is 1. The monoisotopic (exact) mass is 554 g/mol. The molecule has 0 radical (unpaired) electrons. The van der Waals surface area contributed by atoms with Gasteiger partial charge in [-0.2, -0.15) is 0 Å². The van der Waals surface area contributed by atoms with Crippen LogP contribution in [0, 0.1) is 4.84 Å². The highest BCUT2D eigenvalue weighted by atomic mass is 35.5. The number of benzene rings is 3. The second kappa shape index (κ2) is 11.2. The number of fused-ring (bicyclic) bond motifs is 1. The molecule has 37 heavy (non-hydrogen) atoms. The SMILES string of the molecule is O=S(=O)(Nc1ccccc1Cl)c1ccc2c(c1)oc(=S)n2CN1CCN(C/C=C/c2ccccc2)CC1. The van der Waals surface area contributed by atoms with Gasteiger partial charge in [0, 0.05) is 38.8 Å². The van der Waals surface area contributed by atoms with Crippen LogP contribution in [0.15, 0.2) is 88.2 Å². The van der Waals surface area contributed by atoms with Crippen molar-refractivity contribution in [3.63, 3.8) is 0 Å². The quantitative estimate of drug-likeness (QED) is 0.281. The van der Waals surface area contributed by atoms with E-state index in [2.05, 4.69) is 38.8 Å². The molecule has 1 saturated heterocycles. The average molecular weight is 555 g/mol. The maximum absolute atomic E-state index is 12.9. The molecule has 1 aliphatic heterocycles. The van der Waals surface area contributed by atoms with Crippen molar-refractivity contribution in [2.45, 2.75) is 11.6 Å². The molecule has 1 fully saturated rings. The molecule has 0 spiro atoms. The van der Waals surface area contributed by atoms with Crippen LogP contribution in [0.5, 0.6) is 0 Å². The smallest absolute Gasteiger partial charge is 0.270 e. The Labute approximate surface area is 226 Å². The number of nitrogens with one attached hydrogen (secondary N) is 1. The predicted octanol–water partition coefficient (Wildman–Crippen LogP) is 5.71. The molecule has 10 heteroatoms. The van der Waals surface area contributed by atoms with E-state index >= 15 is 0 Å². The van der Waals surface area contributed by atoms with Crippen LogP contribution < -0.4 is 4.72 Å². The Morgan fingerprint density at radius 2 is 1.65 bits per heavy atom. The van der Waals surface area contributed by atoms with Gasteiger partial charge in [0.15, 0.2) is 5.58 Å². The normalized spacial score (nSPS) is 15.5. The maximum atomic E-state index is 12.9. The van der Waals surface area contributed by atoms with Crippen LogP contribution in [-0.4, -0.2) is 55.5 Å². The summed E-state index contributed by atoms with van der Waals surface area (Å²) in [6.07, 6.45) is 4.36. The maximum Gasteiger partial charge on any atom is 0.270 e. The van der Waals surface area contributed by atoms with E-state index < -0.39 is 10.0 Å². The summed E-state index contributed by atoms with van der Waals surface area (Å²) < 4.78 is 36.1. The molecule has 1 aliphatic rings. The van der Waals surface area contributed by atoms with Gasteiger partial charge in [-0.3, -0.25) is 19.1 Å². The number of aromatic nitrogens is 1. The van der Waals surface area contributed by atoms with E-state index in [4.69, 9.17) is 28.2 Å². The first-order valence-corrected chi connectivity index (χ1v) is 14.2. The average Bonchev–Trinajstić information content (AvgIpc) is 3.21. The second-order valence-electron chi connectivity index (χ2n) is 8.88. The lowest BCUT2D eigenvalue weighted by molar-refractivity contribution is 0.115. The highest BCUT2D eigenvalue weighted by molar-refractivity contribution is 7.92. The van der Waals surface area contributed by atoms with Gasteiger partial charge in [0.05, 0.1) is 27.8 Å². The second-order valence-corrected chi connectivity index (χ2v) is 11.3. The molecule has 0 aliphatic carbocycles. The van der Waals surface area contributed by atoms with Gasteiger partial charge < -0.3 is 4.42 Å². The van der Waals surface area contributed by atoms with Gasteiger partial charge in [-0.05, 0) is 42.0 Å². The number of hydrogen-bond acceptors (Lipinski definition) is 6. The van der Waals surface area contributed by atoms with Crippen molar-refractivity contribution in [2.24, 2.45) is 0 Å². The van der Waals surface area contributed by atoms with Gasteiger partial charge in [0.25, 0.3) is 14.9 Å². The Morgan fingerprint density at radius 1 is 0.946 bits per heavy atom. The summed E-state index contributed by atoms with van der Waals surface area (Å²) >= 11 is 11.6. The van der Waals surface area contributed by atoms with Crippen LogP contribution in [0.2, 0.25) is 5.02 Å². The number of para-hydroxylation sites is 1. The van der Waals surface area contributed by atoms with Gasteiger partial charge in [-0.1, -0.05) is 66.2 Å². The summed E-state index contributed by atoms with van der Waals surface area (Å²) in [5.41, 5.74) is 2.71. The fourth-order valence-corrected chi connectivity index (χ4v) is 5.89. The van der Waals surface area contributed by atoms with E-state index in [1.54, 1.807) is 36.4 Å². The molecule has 2 heterocycles. The van der Waals surface area contributed by atoms with Crippen molar-refractivity contribution in [1.82, 2.24) is 14.4 Å². The number of piperazine rings is 1. The number of oxazole rings is 1. The lowest BCUT2D eigenvalue weighted by atomic mass is 10.2. The molecule has 0 unspecified atom stereocenters. The molecule has 4 aromatic rings. The summed E-state index contributed by atoms with van der Waals surface area (Å²) in [5.74, 6) is 0. The lowest BCUT2D eigenvalue weighted by Crippen LogP contribution is -2.46. The van der Waals surface area contributed by atoms with Crippen molar-refractivity contribution in [2.75, 3.05) is 37.4 Å². The molecule has 192 valence electrons. The standard InChI is InChI=1S/C27H27ClN4O3S2/c28-23-10-4-5-11-24(23)29-37(33,34)22-12-13-25-26(19-22)35-27(36)32(25)20-31-17-15-30(16-18-31)14-6-9-21-7-2-1-3-8-21/h1-13,19,29H,14-18,20H2/b9-6+. The van der Waals surface area contributed by atoms with E-state index in [9.17, 15) is 8.42 Å². The van der Waals surface area contributed by atoms with Crippen molar-refractivity contribution in [3.8, 4) is 0 Å². The molecule has 7 nitrogen and oxygen atoms in total. The Kier molecular flexibility index (Phi) is 7.78. The Bertz CT molecular complexity index is 1570. The van der Waals surface area contributed by atoms with Crippen LogP contribution in [0.3, 0.4) is 0 Å². The number of nitrogens with zero attached hydrogens (tertiary/aromatic N) is 3. The van der Waals surface area contributed by atoms with Gasteiger partial charge in [0.1, 0.15) is 0 Å². The fraction of sp³-hybridized carbons (Fsp3) is 0.222. The van der Waals surface area contributed by atoms with Crippen LogP contribution in [0.25, 0.3) is 17.2 Å². The van der Waals surface area contributed by atoms with Crippen LogP contribution >= 0.6 is 23.8 Å². The number of halogens is 1. The lowest BCUT2D eigenvalue weighted by Gasteiger charge is -2.34. The van der Waals surface area contributed by atoms with E-state index in [0.29, 0.717) is 27.8 Å². The van der Waals surface area contributed by atoms with Gasteiger partial charge in [-0.15, -0.1) is 0 Å². The zero-order chi connectivity index (χ0) is 25.8. The third-order valence-corrected chi connectivity index (χ3v) is 8.34. The van der Waals surface area contributed by atoms with E-state index in [-0.39, 0.29) is 4.90 Å². The first-order chi connectivity index (χ1) is 17.9. The minimum absolute atomic E-state index is 0.0768. The molecule has 1 aromatic heterocycles. The molecule has 0 saturated carbocycles. The highest BCUT2D eigenvalue weighted by Gasteiger charge is 2.21. The van der Waals surface area contributed by atoms with E-state index in [0.717, 1.165) is 38.2 Å². The van der Waals surface area contributed by atoms with Gasteiger partial charge in [0.2, 0.25) is 0 Å². The number of rotatable bonds is 8. The first-order valence-electron chi connectivity index (χ1n) is 12.0. The summed E-state index contributed by atoms with van der Waals surface area (Å²) in [6.45, 7) is 5.22. The molecule has 1 N–H and O–H groups in total. The first kappa shape index (κ1) is 25.7. The van der Waals surface area contributed by atoms with Crippen LogP contribution in [-0.2, 0) is 16.7 Å². The zero-order valence-electron chi connectivity index (χ0n) is 20.1.